The minimum absolute atomic E-state index is 0.574. The Morgan fingerprint density at radius 2 is 1.81 bits per heavy atom. The fourth-order valence-electron chi connectivity index (χ4n) is 1.33. The maximum Gasteiger partial charge on any atom is 0.336 e. The number of hydrogen-bond acceptors (Lipinski definition) is 6. The van der Waals surface area contributed by atoms with Crippen molar-refractivity contribution in [3.8, 4) is 17.2 Å². The molecule has 0 heterocycles. The molecule has 0 spiro atoms. The van der Waals surface area contributed by atoms with Gasteiger partial charge in [-0.2, -0.15) is 0 Å². The Balaban J connectivity index is 3.68. The summed E-state index contributed by atoms with van der Waals surface area (Å²) < 4.78 is 0. The molecule has 0 aliphatic carbocycles. The summed E-state index contributed by atoms with van der Waals surface area (Å²) in [5.41, 5.74) is 1.92. The van der Waals surface area contributed by atoms with Crippen LogP contribution in [0.25, 0.3) is 0 Å². The molecular weight excluding hydrogens is 218 g/mol. The molecule has 0 aliphatic heterocycles. The maximum atomic E-state index is 10.8. The minimum Gasteiger partial charge on any atom is -0.504 e. The van der Waals surface area contributed by atoms with Crippen LogP contribution in [0.5, 0.6) is 17.2 Å². The van der Waals surface area contributed by atoms with Crippen LogP contribution in [-0.4, -0.2) is 31.5 Å². The first-order chi connectivity index (χ1) is 7.16. The molecule has 0 amide bonds. The van der Waals surface area contributed by atoms with Crippen LogP contribution in [0.3, 0.4) is 0 Å². The molecule has 0 fully saturated rings. The van der Waals surface area contributed by atoms with Gasteiger partial charge in [0.1, 0.15) is 5.72 Å². The predicted molar refractivity (Wildman–Crippen MR) is 52.2 cm³/mol. The maximum absolute atomic E-state index is 10.8. The lowest BCUT2D eigenvalue weighted by Gasteiger charge is -2.22. The van der Waals surface area contributed by atoms with Crippen molar-refractivity contribution in [1.82, 2.24) is 0 Å². The Morgan fingerprint density at radius 3 is 2.19 bits per heavy atom. The zero-order chi connectivity index (χ0) is 12.7. The van der Waals surface area contributed by atoms with Gasteiger partial charge in [0.05, 0.1) is 11.1 Å². The van der Waals surface area contributed by atoms with Gasteiger partial charge >= 0.3 is 5.97 Å². The van der Waals surface area contributed by atoms with Gasteiger partial charge in [0.2, 0.25) is 5.75 Å². The number of carboxylic acids is 1. The highest BCUT2D eigenvalue weighted by Crippen LogP contribution is 2.42. The van der Waals surface area contributed by atoms with E-state index in [1.807, 2.05) is 0 Å². The van der Waals surface area contributed by atoms with E-state index in [2.05, 4.69) is 0 Å². The third-order valence-corrected chi connectivity index (χ3v) is 1.99. The Kier molecular flexibility index (Phi) is 2.68. The van der Waals surface area contributed by atoms with Crippen LogP contribution in [0.15, 0.2) is 6.07 Å². The number of benzene rings is 1. The Hall–Kier alpha value is -1.99. The van der Waals surface area contributed by atoms with Crippen LogP contribution in [0, 0.1) is 0 Å². The van der Waals surface area contributed by atoms with E-state index in [0.29, 0.717) is 6.07 Å². The number of aromatic carboxylic acids is 1. The van der Waals surface area contributed by atoms with E-state index in [1.165, 1.54) is 0 Å². The molecule has 1 atom stereocenters. The Morgan fingerprint density at radius 1 is 1.31 bits per heavy atom. The van der Waals surface area contributed by atoms with Crippen LogP contribution in [-0.2, 0) is 5.72 Å². The lowest BCUT2D eigenvalue weighted by atomic mass is 9.96. The summed E-state index contributed by atoms with van der Waals surface area (Å²) in [5.74, 6) is -4.23. The Labute approximate surface area is 90.0 Å². The lowest BCUT2D eigenvalue weighted by Crippen LogP contribution is -2.34. The number of rotatable bonds is 2. The van der Waals surface area contributed by atoms with Gasteiger partial charge in [-0.3, -0.25) is 5.73 Å². The zero-order valence-corrected chi connectivity index (χ0v) is 8.30. The van der Waals surface area contributed by atoms with E-state index in [1.54, 1.807) is 0 Å². The number of carboxylic acid groups (broad SMARTS) is 1. The highest BCUT2D eigenvalue weighted by atomic mass is 16.4. The van der Waals surface area contributed by atoms with Crippen LogP contribution in [0.1, 0.15) is 22.8 Å². The summed E-state index contributed by atoms with van der Waals surface area (Å²) in [6.45, 7) is 1.03. The molecule has 1 rings (SSSR count). The topological polar surface area (TPSA) is 144 Å². The zero-order valence-electron chi connectivity index (χ0n) is 8.30. The first-order valence-electron chi connectivity index (χ1n) is 4.19. The molecule has 7 heteroatoms. The van der Waals surface area contributed by atoms with Crippen LogP contribution in [0.2, 0.25) is 0 Å². The molecule has 1 unspecified atom stereocenters. The van der Waals surface area contributed by atoms with Gasteiger partial charge in [0.25, 0.3) is 0 Å². The highest BCUT2D eigenvalue weighted by Gasteiger charge is 2.31. The fourth-order valence-corrected chi connectivity index (χ4v) is 1.33. The number of phenolic OH excluding ortho intramolecular Hbond substituents is 3. The van der Waals surface area contributed by atoms with Crippen molar-refractivity contribution in [3.05, 3.63) is 17.2 Å². The quantitative estimate of drug-likeness (QED) is 0.299. The van der Waals surface area contributed by atoms with Crippen LogP contribution >= 0.6 is 0 Å². The van der Waals surface area contributed by atoms with Gasteiger partial charge in [0.15, 0.2) is 11.5 Å². The average molecular weight is 229 g/mol. The van der Waals surface area contributed by atoms with Gasteiger partial charge in [-0.25, -0.2) is 4.79 Å². The molecule has 1 aromatic carbocycles. The monoisotopic (exact) mass is 229 g/mol. The summed E-state index contributed by atoms with van der Waals surface area (Å²) in [4.78, 5) is 10.8. The molecule has 16 heavy (non-hydrogen) atoms. The molecule has 7 N–H and O–H groups in total. The van der Waals surface area contributed by atoms with E-state index < -0.39 is 40.1 Å². The molecule has 0 bridgehead atoms. The lowest BCUT2D eigenvalue weighted by molar-refractivity contribution is 0.0542. The number of aromatic hydroxyl groups is 3. The summed E-state index contributed by atoms with van der Waals surface area (Å²) in [5, 5.41) is 46.0. The van der Waals surface area contributed by atoms with E-state index in [-0.39, 0.29) is 0 Å². The van der Waals surface area contributed by atoms with E-state index >= 15 is 0 Å². The third-order valence-electron chi connectivity index (χ3n) is 1.99. The van der Waals surface area contributed by atoms with Gasteiger partial charge < -0.3 is 25.5 Å². The van der Waals surface area contributed by atoms with E-state index in [9.17, 15) is 20.1 Å². The molecule has 88 valence electrons. The van der Waals surface area contributed by atoms with Crippen molar-refractivity contribution >= 4 is 5.97 Å². The molecule has 7 nitrogen and oxygen atoms in total. The molecule has 0 saturated carbocycles. The second-order valence-corrected chi connectivity index (χ2v) is 3.47. The predicted octanol–water partition coefficient (Wildman–Crippen LogP) is -0.375. The van der Waals surface area contributed by atoms with Crippen LogP contribution in [0.4, 0.5) is 0 Å². The third kappa shape index (κ3) is 1.86. The molecule has 1 aromatic rings. The second kappa shape index (κ2) is 3.54. The van der Waals surface area contributed by atoms with Crippen molar-refractivity contribution < 1.29 is 30.3 Å². The smallest absolute Gasteiger partial charge is 0.336 e. The highest BCUT2D eigenvalue weighted by molar-refractivity contribution is 5.92. The van der Waals surface area contributed by atoms with Crippen molar-refractivity contribution in [1.29, 1.82) is 0 Å². The molecule has 0 radical (unpaired) electrons. The van der Waals surface area contributed by atoms with Gasteiger partial charge in [-0.05, 0) is 13.0 Å². The van der Waals surface area contributed by atoms with Crippen molar-refractivity contribution in [3.63, 3.8) is 0 Å². The first kappa shape index (κ1) is 12.1. The number of carbonyl (C=O) groups is 1. The fraction of sp³-hybridized carbons (Fsp3) is 0.222. The number of nitrogens with two attached hydrogens (primary N) is 1. The summed E-state index contributed by atoms with van der Waals surface area (Å²) in [6, 6.07) is 0.689. The van der Waals surface area contributed by atoms with Crippen molar-refractivity contribution in [2.45, 2.75) is 12.6 Å². The Bertz CT molecular complexity index is 448. The minimum atomic E-state index is -2.16. The molecule has 0 aromatic heterocycles. The molecule has 0 aliphatic rings. The number of aliphatic hydroxyl groups is 1. The number of hydrogen-bond donors (Lipinski definition) is 6. The standard InChI is InChI=1S/C9H11NO6/c1-9(10,16)5-3(8(14)15)2-4(11)6(12)7(5)13/h2,11-13,16H,10H2,1H3,(H,14,15). The summed E-state index contributed by atoms with van der Waals surface area (Å²) in [7, 11) is 0. The SMILES string of the molecule is CC(N)(O)c1c(C(=O)O)cc(O)c(O)c1O. The van der Waals surface area contributed by atoms with Crippen molar-refractivity contribution in [2.24, 2.45) is 5.73 Å². The van der Waals surface area contributed by atoms with Gasteiger partial charge in [-0.15, -0.1) is 0 Å². The second-order valence-electron chi connectivity index (χ2n) is 3.47. The van der Waals surface area contributed by atoms with Gasteiger partial charge in [-0.1, -0.05) is 0 Å². The average Bonchev–Trinajstić information content (AvgIpc) is 2.10. The van der Waals surface area contributed by atoms with E-state index in [0.717, 1.165) is 6.92 Å². The van der Waals surface area contributed by atoms with Crippen molar-refractivity contribution in [2.75, 3.05) is 0 Å². The normalized spacial score (nSPS) is 14.4. The molecular formula is C9H11NO6. The van der Waals surface area contributed by atoms with E-state index in [4.69, 9.17) is 15.9 Å². The number of phenols is 3. The molecule has 0 saturated heterocycles. The van der Waals surface area contributed by atoms with Gasteiger partial charge in [0, 0.05) is 0 Å². The first-order valence-corrected chi connectivity index (χ1v) is 4.19. The summed E-state index contributed by atoms with van der Waals surface area (Å²) >= 11 is 0. The summed E-state index contributed by atoms with van der Waals surface area (Å²) in [6.07, 6.45) is 0. The van der Waals surface area contributed by atoms with Crippen LogP contribution < -0.4 is 5.73 Å². The largest absolute Gasteiger partial charge is 0.504 e.